The molecule has 0 saturated carbocycles. The molecule has 0 spiro atoms. The molecule has 1 unspecified atom stereocenters. The molecule has 2 aromatic rings. The van der Waals surface area contributed by atoms with Crippen LogP contribution in [0.5, 0.6) is 0 Å². The molecule has 1 aliphatic rings. The summed E-state index contributed by atoms with van der Waals surface area (Å²) in [5.74, 6) is 0.845. The quantitative estimate of drug-likeness (QED) is 0.792. The molecular weight excluding hydrogens is 263 g/mol. The molecule has 108 valence electrons. The van der Waals surface area contributed by atoms with Crippen LogP contribution in [0.3, 0.4) is 0 Å². The zero-order chi connectivity index (χ0) is 14.8. The van der Waals surface area contributed by atoms with E-state index in [1.54, 1.807) is 6.07 Å². The molecule has 1 aliphatic heterocycles. The summed E-state index contributed by atoms with van der Waals surface area (Å²) >= 11 is 0. The third kappa shape index (κ3) is 2.56. The first kappa shape index (κ1) is 13.8. The van der Waals surface area contributed by atoms with E-state index in [1.165, 1.54) is 11.6 Å². The van der Waals surface area contributed by atoms with Crippen LogP contribution in [0.1, 0.15) is 30.5 Å². The molecule has 0 amide bonds. The summed E-state index contributed by atoms with van der Waals surface area (Å²) in [6, 6.07) is 15.1. The molecule has 0 radical (unpaired) electrons. The fourth-order valence-corrected chi connectivity index (χ4v) is 2.93. The Kier molecular flexibility index (Phi) is 3.74. The highest BCUT2D eigenvalue weighted by molar-refractivity contribution is 5.86. The van der Waals surface area contributed by atoms with E-state index < -0.39 is 0 Å². The van der Waals surface area contributed by atoms with Gasteiger partial charge in [0.1, 0.15) is 11.7 Å². The first-order valence-corrected chi connectivity index (χ1v) is 7.33. The van der Waals surface area contributed by atoms with Crippen LogP contribution in [-0.4, -0.2) is 17.8 Å². The standard InChI is InChI=1S/C18H19FN2/c1-3-18-20-16-11-7-4-8-13(16)12-17(21(18)2)14-9-5-6-10-15(14)19/h4-11,17H,3,12H2,1-2H3. The molecule has 1 atom stereocenters. The number of nitrogens with zero attached hydrogens (tertiary/aromatic N) is 2. The molecule has 0 aliphatic carbocycles. The second-order valence-corrected chi connectivity index (χ2v) is 5.36. The largest absolute Gasteiger partial charge is 0.356 e. The van der Waals surface area contributed by atoms with E-state index in [0.717, 1.165) is 29.9 Å². The first-order valence-electron chi connectivity index (χ1n) is 7.33. The van der Waals surface area contributed by atoms with Crippen LogP contribution in [0, 0.1) is 5.82 Å². The van der Waals surface area contributed by atoms with Crippen molar-refractivity contribution in [2.24, 2.45) is 4.99 Å². The molecule has 2 nitrogen and oxygen atoms in total. The van der Waals surface area contributed by atoms with Gasteiger partial charge in [0, 0.05) is 19.0 Å². The van der Waals surface area contributed by atoms with E-state index in [2.05, 4.69) is 17.9 Å². The minimum absolute atomic E-state index is 0.0199. The summed E-state index contributed by atoms with van der Waals surface area (Å²) in [6.45, 7) is 2.08. The maximum atomic E-state index is 14.2. The van der Waals surface area contributed by atoms with Gasteiger partial charge in [-0.25, -0.2) is 9.38 Å². The molecule has 2 aromatic carbocycles. The number of para-hydroxylation sites is 1. The summed E-state index contributed by atoms with van der Waals surface area (Å²) in [6.07, 6.45) is 1.59. The molecule has 3 heteroatoms. The number of amidine groups is 1. The van der Waals surface area contributed by atoms with Gasteiger partial charge in [-0.3, -0.25) is 0 Å². The average molecular weight is 282 g/mol. The van der Waals surface area contributed by atoms with Crippen molar-refractivity contribution in [3.63, 3.8) is 0 Å². The molecule has 0 fully saturated rings. The normalized spacial score (nSPS) is 18.0. The summed E-state index contributed by atoms with van der Waals surface area (Å²) < 4.78 is 14.2. The van der Waals surface area contributed by atoms with Gasteiger partial charge in [0.05, 0.1) is 11.7 Å². The van der Waals surface area contributed by atoms with Crippen molar-refractivity contribution >= 4 is 11.5 Å². The molecular formula is C18H19FN2. The molecule has 3 rings (SSSR count). The monoisotopic (exact) mass is 282 g/mol. The van der Waals surface area contributed by atoms with Gasteiger partial charge in [0.25, 0.3) is 0 Å². The highest BCUT2D eigenvalue weighted by atomic mass is 19.1. The van der Waals surface area contributed by atoms with Crippen molar-refractivity contribution < 1.29 is 4.39 Å². The van der Waals surface area contributed by atoms with Crippen LogP contribution in [-0.2, 0) is 6.42 Å². The van der Waals surface area contributed by atoms with Crippen molar-refractivity contribution in [3.8, 4) is 0 Å². The molecule has 1 heterocycles. The van der Waals surface area contributed by atoms with Gasteiger partial charge >= 0.3 is 0 Å². The zero-order valence-corrected chi connectivity index (χ0v) is 12.4. The lowest BCUT2D eigenvalue weighted by Gasteiger charge is -2.29. The van der Waals surface area contributed by atoms with Gasteiger partial charge < -0.3 is 4.90 Å². The van der Waals surface area contributed by atoms with Crippen LogP contribution in [0.2, 0.25) is 0 Å². The van der Waals surface area contributed by atoms with Crippen LogP contribution in [0.25, 0.3) is 0 Å². The van der Waals surface area contributed by atoms with Gasteiger partial charge in [0.15, 0.2) is 0 Å². The fourth-order valence-electron chi connectivity index (χ4n) is 2.93. The highest BCUT2D eigenvalue weighted by Crippen LogP contribution is 2.34. The van der Waals surface area contributed by atoms with E-state index >= 15 is 0 Å². The van der Waals surface area contributed by atoms with E-state index in [0.29, 0.717) is 0 Å². The Balaban J connectivity index is 2.11. The topological polar surface area (TPSA) is 15.6 Å². The Morgan fingerprint density at radius 3 is 2.62 bits per heavy atom. The second kappa shape index (κ2) is 5.68. The molecule has 0 N–H and O–H groups in total. The lowest BCUT2D eigenvalue weighted by molar-refractivity contribution is 0.359. The number of hydrogen-bond donors (Lipinski definition) is 0. The summed E-state index contributed by atoms with van der Waals surface area (Å²) in [7, 11) is 2.01. The first-order chi connectivity index (χ1) is 10.2. The van der Waals surface area contributed by atoms with E-state index in [1.807, 2.05) is 37.4 Å². The van der Waals surface area contributed by atoms with Crippen LogP contribution < -0.4 is 0 Å². The number of hydrogen-bond acceptors (Lipinski definition) is 2. The third-order valence-electron chi connectivity index (χ3n) is 4.11. The molecule has 0 aromatic heterocycles. The number of halogens is 1. The van der Waals surface area contributed by atoms with Gasteiger partial charge in [-0.15, -0.1) is 0 Å². The summed E-state index contributed by atoms with van der Waals surface area (Å²) in [5.41, 5.74) is 2.90. The minimum atomic E-state index is -0.149. The Morgan fingerprint density at radius 2 is 1.86 bits per heavy atom. The van der Waals surface area contributed by atoms with Crippen molar-refractivity contribution in [2.75, 3.05) is 7.05 Å². The molecule has 0 saturated heterocycles. The third-order valence-corrected chi connectivity index (χ3v) is 4.11. The van der Waals surface area contributed by atoms with Gasteiger partial charge in [-0.05, 0) is 24.1 Å². The number of rotatable bonds is 2. The highest BCUT2D eigenvalue weighted by Gasteiger charge is 2.26. The maximum Gasteiger partial charge on any atom is 0.128 e. The van der Waals surface area contributed by atoms with Gasteiger partial charge in [-0.1, -0.05) is 43.3 Å². The number of aliphatic imine (C=N–C) groups is 1. The lowest BCUT2D eigenvalue weighted by Crippen LogP contribution is -2.31. The van der Waals surface area contributed by atoms with E-state index in [-0.39, 0.29) is 11.9 Å². The van der Waals surface area contributed by atoms with E-state index in [4.69, 9.17) is 4.99 Å². The fraction of sp³-hybridized carbons (Fsp3) is 0.278. The summed E-state index contributed by atoms with van der Waals surface area (Å²) in [4.78, 5) is 6.87. The Hall–Kier alpha value is -2.16. The second-order valence-electron chi connectivity index (χ2n) is 5.36. The lowest BCUT2D eigenvalue weighted by atomic mass is 9.97. The van der Waals surface area contributed by atoms with Crippen LogP contribution >= 0.6 is 0 Å². The Bertz CT molecular complexity index is 678. The Morgan fingerprint density at radius 1 is 1.14 bits per heavy atom. The number of fused-ring (bicyclic) bond motifs is 1. The van der Waals surface area contributed by atoms with Crippen LogP contribution in [0.15, 0.2) is 53.5 Å². The van der Waals surface area contributed by atoms with Gasteiger partial charge in [-0.2, -0.15) is 0 Å². The molecule has 0 bridgehead atoms. The number of likely N-dealkylation sites (N-methyl/N-ethyl adjacent to an activating group) is 1. The summed E-state index contributed by atoms with van der Waals surface area (Å²) in [5, 5.41) is 0. The van der Waals surface area contributed by atoms with Crippen molar-refractivity contribution in [1.29, 1.82) is 0 Å². The zero-order valence-electron chi connectivity index (χ0n) is 12.4. The number of benzene rings is 2. The minimum Gasteiger partial charge on any atom is -0.356 e. The maximum absolute atomic E-state index is 14.2. The SMILES string of the molecule is CCC1=Nc2ccccc2CC(c2ccccc2F)N1C. The van der Waals surface area contributed by atoms with E-state index in [9.17, 15) is 4.39 Å². The molecule has 21 heavy (non-hydrogen) atoms. The van der Waals surface area contributed by atoms with Crippen molar-refractivity contribution in [3.05, 3.63) is 65.5 Å². The average Bonchev–Trinajstić information content (AvgIpc) is 2.65. The van der Waals surface area contributed by atoms with Crippen molar-refractivity contribution in [2.45, 2.75) is 25.8 Å². The van der Waals surface area contributed by atoms with Crippen molar-refractivity contribution in [1.82, 2.24) is 4.90 Å². The smallest absolute Gasteiger partial charge is 0.128 e. The van der Waals surface area contributed by atoms with Gasteiger partial charge in [0.2, 0.25) is 0 Å². The Labute approximate surface area is 124 Å². The predicted octanol–water partition coefficient (Wildman–Crippen LogP) is 4.49. The predicted molar refractivity (Wildman–Crippen MR) is 84.4 cm³/mol. The van der Waals surface area contributed by atoms with Crippen LogP contribution in [0.4, 0.5) is 10.1 Å².